The van der Waals surface area contributed by atoms with Crippen molar-refractivity contribution in [3.63, 3.8) is 0 Å². The molecule has 2 aromatic carbocycles. The van der Waals surface area contributed by atoms with E-state index in [1.807, 2.05) is 12.1 Å². The van der Waals surface area contributed by atoms with Gasteiger partial charge in [-0.25, -0.2) is 0 Å². The molecule has 0 aliphatic carbocycles. The van der Waals surface area contributed by atoms with E-state index in [1.54, 1.807) is 19.2 Å². The van der Waals surface area contributed by atoms with Crippen molar-refractivity contribution in [1.29, 1.82) is 0 Å². The molecule has 0 bridgehead atoms. The summed E-state index contributed by atoms with van der Waals surface area (Å²) < 4.78 is 5.13. The summed E-state index contributed by atoms with van der Waals surface area (Å²) in [6, 6.07) is 11.7. The summed E-state index contributed by atoms with van der Waals surface area (Å²) in [5.41, 5.74) is 1.19. The van der Waals surface area contributed by atoms with Gasteiger partial charge in [0.25, 0.3) is 0 Å². The van der Waals surface area contributed by atoms with Crippen LogP contribution in [-0.4, -0.2) is 49.3 Å². The quantitative estimate of drug-likeness (QED) is 0.886. The summed E-state index contributed by atoms with van der Waals surface area (Å²) in [4.78, 5) is 6.71. The molecule has 1 heterocycles. The van der Waals surface area contributed by atoms with Crippen LogP contribution in [0.4, 0.5) is 0 Å². The number of rotatable bonds is 5. The van der Waals surface area contributed by atoms with Crippen LogP contribution in [0.2, 0.25) is 0 Å². The van der Waals surface area contributed by atoms with Crippen LogP contribution in [0.3, 0.4) is 0 Å². The number of hydrogen-bond donors (Lipinski definition) is 2. The van der Waals surface area contributed by atoms with Gasteiger partial charge in [0.15, 0.2) is 5.96 Å². The van der Waals surface area contributed by atoms with E-state index in [2.05, 4.69) is 27.3 Å². The van der Waals surface area contributed by atoms with Crippen molar-refractivity contribution in [2.75, 3.05) is 33.4 Å². The Bertz CT molecular complexity index is 685. The summed E-state index contributed by atoms with van der Waals surface area (Å²) in [6.07, 6.45) is 0. The zero-order valence-corrected chi connectivity index (χ0v) is 12.7. The summed E-state index contributed by atoms with van der Waals surface area (Å²) in [6.45, 7) is 4.09. The zero-order valence-electron chi connectivity index (χ0n) is 12.7. The van der Waals surface area contributed by atoms with Crippen molar-refractivity contribution in [3.05, 3.63) is 42.0 Å². The van der Waals surface area contributed by atoms with Crippen molar-refractivity contribution >= 4 is 16.7 Å². The number of phenolic OH excluding ortho intramolecular Hbond substituents is 1. The van der Waals surface area contributed by atoms with Crippen LogP contribution in [0.5, 0.6) is 5.75 Å². The van der Waals surface area contributed by atoms with E-state index in [4.69, 9.17) is 4.74 Å². The lowest BCUT2D eigenvalue weighted by Gasteiger charge is -2.20. The first-order chi connectivity index (χ1) is 10.8. The van der Waals surface area contributed by atoms with Crippen LogP contribution in [0, 0.1) is 0 Å². The molecule has 116 valence electrons. The van der Waals surface area contributed by atoms with Gasteiger partial charge in [0, 0.05) is 26.7 Å². The Labute approximate surface area is 130 Å². The third kappa shape index (κ3) is 3.31. The standard InChI is InChI=1S/C17H21N3O2/c1-22-9-8-20-7-6-18-17(20)19-12-13-2-3-15-11-16(21)5-4-14(15)10-13/h2-5,10-11,21H,6-9,12H2,1H3,(H,18,19). The minimum absolute atomic E-state index is 0.299. The van der Waals surface area contributed by atoms with Crippen molar-refractivity contribution in [1.82, 2.24) is 10.2 Å². The fourth-order valence-electron chi connectivity index (χ4n) is 2.64. The molecule has 0 amide bonds. The minimum Gasteiger partial charge on any atom is -0.508 e. The van der Waals surface area contributed by atoms with Crippen LogP contribution in [-0.2, 0) is 11.3 Å². The van der Waals surface area contributed by atoms with E-state index >= 15 is 0 Å². The molecule has 2 N–H and O–H groups in total. The van der Waals surface area contributed by atoms with Crippen molar-refractivity contribution in [2.45, 2.75) is 6.54 Å². The van der Waals surface area contributed by atoms with Gasteiger partial charge in [0.2, 0.25) is 0 Å². The molecule has 0 atom stereocenters. The molecule has 2 aromatic rings. The topological polar surface area (TPSA) is 57.1 Å². The Hall–Kier alpha value is -2.27. The molecule has 5 heteroatoms. The van der Waals surface area contributed by atoms with E-state index in [1.165, 1.54) is 5.56 Å². The number of aromatic hydroxyl groups is 1. The first kappa shape index (κ1) is 14.7. The maximum Gasteiger partial charge on any atom is 0.194 e. The molecule has 0 radical (unpaired) electrons. The van der Waals surface area contributed by atoms with E-state index in [0.717, 1.165) is 42.9 Å². The summed E-state index contributed by atoms with van der Waals surface area (Å²) in [5.74, 6) is 1.25. The number of guanidine groups is 1. The van der Waals surface area contributed by atoms with Gasteiger partial charge in [0.1, 0.15) is 5.75 Å². The van der Waals surface area contributed by atoms with Crippen molar-refractivity contribution in [3.8, 4) is 5.75 Å². The highest BCUT2D eigenvalue weighted by Gasteiger charge is 2.15. The Kier molecular flexibility index (Phi) is 4.44. The maximum absolute atomic E-state index is 9.50. The lowest BCUT2D eigenvalue weighted by Crippen LogP contribution is -2.39. The number of nitrogens with zero attached hydrogens (tertiary/aromatic N) is 2. The lowest BCUT2D eigenvalue weighted by atomic mass is 10.1. The lowest BCUT2D eigenvalue weighted by molar-refractivity contribution is 0.178. The number of phenols is 1. The molecule has 0 spiro atoms. The second kappa shape index (κ2) is 6.66. The molecule has 22 heavy (non-hydrogen) atoms. The average Bonchev–Trinajstić information content (AvgIpc) is 2.98. The first-order valence-electron chi connectivity index (χ1n) is 7.50. The second-order valence-electron chi connectivity index (χ2n) is 5.40. The number of fused-ring (bicyclic) bond motifs is 1. The molecular formula is C17H21N3O2. The molecule has 1 aliphatic rings. The highest BCUT2D eigenvalue weighted by atomic mass is 16.5. The molecule has 0 unspecified atom stereocenters. The van der Waals surface area contributed by atoms with Gasteiger partial charge in [0.05, 0.1) is 13.2 Å². The Morgan fingerprint density at radius 1 is 1.23 bits per heavy atom. The van der Waals surface area contributed by atoms with Gasteiger partial charge in [-0.15, -0.1) is 0 Å². The molecule has 3 rings (SSSR count). The van der Waals surface area contributed by atoms with E-state index < -0.39 is 0 Å². The molecule has 5 nitrogen and oxygen atoms in total. The second-order valence-corrected chi connectivity index (χ2v) is 5.40. The molecule has 1 aliphatic heterocycles. The number of methoxy groups -OCH3 is 1. The fraction of sp³-hybridized carbons (Fsp3) is 0.353. The Balaban J connectivity index is 1.65. The monoisotopic (exact) mass is 299 g/mol. The van der Waals surface area contributed by atoms with E-state index in [-0.39, 0.29) is 0 Å². The smallest absolute Gasteiger partial charge is 0.194 e. The molecule has 0 fully saturated rings. The molecule has 0 saturated carbocycles. The van der Waals surface area contributed by atoms with E-state index in [0.29, 0.717) is 12.4 Å². The highest BCUT2D eigenvalue weighted by Crippen LogP contribution is 2.21. The van der Waals surface area contributed by atoms with Crippen molar-refractivity contribution < 1.29 is 9.84 Å². The van der Waals surface area contributed by atoms with Crippen LogP contribution in [0.15, 0.2) is 41.4 Å². The van der Waals surface area contributed by atoms with Crippen molar-refractivity contribution in [2.24, 2.45) is 4.99 Å². The maximum atomic E-state index is 9.50. The predicted molar refractivity (Wildman–Crippen MR) is 88.2 cm³/mol. The van der Waals surface area contributed by atoms with E-state index in [9.17, 15) is 5.11 Å². The van der Waals surface area contributed by atoms with Gasteiger partial charge in [-0.05, 0) is 34.5 Å². The third-order valence-corrected chi connectivity index (χ3v) is 3.84. The first-order valence-corrected chi connectivity index (χ1v) is 7.50. The number of aliphatic imine (C=N–C) groups is 1. The van der Waals surface area contributed by atoms with Gasteiger partial charge in [-0.2, -0.15) is 0 Å². The van der Waals surface area contributed by atoms with Crippen LogP contribution >= 0.6 is 0 Å². The highest BCUT2D eigenvalue weighted by molar-refractivity contribution is 5.85. The zero-order chi connectivity index (χ0) is 15.4. The van der Waals surface area contributed by atoms with Gasteiger partial charge in [-0.1, -0.05) is 18.2 Å². The molecule has 0 aromatic heterocycles. The number of ether oxygens (including phenoxy) is 1. The fourth-order valence-corrected chi connectivity index (χ4v) is 2.64. The van der Waals surface area contributed by atoms with Crippen LogP contribution in [0.1, 0.15) is 5.56 Å². The number of nitrogens with one attached hydrogen (secondary N) is 1. The van der Waals surface area contributed by atoms with Crippen LogP contribution in [0.25, 0.3) is 10.8 Å². The van der Waals surface area contributed by atoms with Crippen LogP contribution < -0.4 is 5.32 Å². The Morgan fingerprint density at radius 3 is 2.91 bits per heavy atom. The minimum atomic E-state index is 0.299. The Morgan fingerprint density at radius 2 is 2.05 bits per heavy atom. The third-order valence-electron chi connectivity index (χ3n) is 3.84. The SMILES string of the molecule is COCCN1CCN=C1NCc1ccc2cc(O)ccc2c1. The van der Waals surface area contributed by atoms with Gasteiger partial charge >= 0.3 is 0 Å². The summed E-state index contributed by atoms with van der Waals surface area (Å²) >= 11 is 0. The number of hydrogen-bond acceptors (Lipinski definition) is 5. The summed E-state index contributed by atoms with van der Waals surface area (Å²) in [5, 5.41) is 15.1. The average molecular weight is 299 g/mol. The summed E-state index contributed by atoms with van der Waals surface area (Å²) in [7, 11) is 1.72. The normalized spacial score (nSPS) is 14.4. The van der Waals surface area contributed by atoms with Gasteiger partial charge in [-0.3, -0.25) is 4.99 Å². The largest absolute Gasteiger partial charge is 0.508 e. The van der Waals surface area contributed by atoms with Gasteiger partial charge < -0.3 is 20.1 Å². The predicted octanol–water partition coefficient (Wildman–Crippen LogP) is 1.95. The molecule has 0 saturated heterocycles. The molecular weight excluding hydrogens is 278 g/mol. The number of benzene rings is 2.